The summed E-state index contributed by atoms with van der Waals surface area (Å²) >= 11 is 11.7. The molecule has 1 aromatic carbocycles. The van der Waals surface area contributed by atoms with Gasteiger partial charge in [-0.1, -0.05) is 24.6 Å². The summed E-state index contributed by atoms with van der Waals surface area (Å²) < 4.78 is 0. The average molecular weight is 354 g/mol. The smallest absolute Gasteiger partial charge is 0.173 e. The number of thiocarbonyl (C=S) groups is 1. The van der Waals surface area contributed by atoms with Crippen LogP contribution in [0.1, 0.15) is 38.7 Å². The Balaban J connectivity index is 1.87. The Labute approximate surface area is 151 Å². The van der Waals surface area contributed by atoms with Crippen molar-refractivity contribution in [1.29, 1.82) is 0 Å². The summed E-state index contributed by atoms with van der Waals surface area (Å²) in [4.78, 5) is 4.79. The van der Waals surface area contributed by atoms with E-state index >= 15 is 0 Å². The van der Waals surface area contributed by atoms with Crippen LogP contribution in [0.2, 0.25) is 5.02 Å². The van der Waals surface area contributed by atoms with Gasteiger partial charge in [-0.2, -0.15) is 0 Å². The zero-order valence-electron chi connectivity index (χ0n) is 14.6. The highest BCUT2D eigenvalue weighted by Crippen LogP contribution is 2.22. The van der Waals surface area contributed by atoms with Crippen molar-refractivity contribution in [2.45, 2.75) is 52.1 Å². The molecule has 0 radical (unpaired) electrons. The molecule has 1 atom stereocenters. The van der Waals surface area contributed by atoms with Gasteiger partial charge in [0.2, 0.25) is 0 Å². The molecule has 1 saturated heterocycles. The van der Waals surface area contributed by atoms with E-state index in [1.165, 1.54) is 6.42 Å². The Morgan fingerprint density at radius 2 is 2.09 bits per heavy atom. The van der Waals surface area contributed by atoms with Gasteiger partial charge in [-0.05, 0) is 70.1 Å². The minimum absolute atomic E-state index is 0.645. The van der Waals surface area contributed by atoms with Gasteiger partial charge >= 0.3 is 0 Å². The second-order valence-corrected chi connectivity index (χ2v) is 7.33. The lowest BCUT2D eigenvalue weighted by molar-refractivity contribution is 0.126. The van der Waals surface area contributed by atoms with Crippen LogP contribution in [0.3, 0.4) is 0 Å². The first kappa shape index (κ1) is 18.5. The monoisotopic (exact) mass is 353 g/mol. The average Bonchev–Trinajstić information content (AvgIpc) is 2.57. The van der Waals surface area contributed by atoms with Crippen LogP contribution in [0.5, 0.6) is 0 Å². The largest absolute Gasteiger partial charge is 0.349 e. The summed E-state index contributed by atoms with van der Waals surface area (Å²) in [5.74, 6) is 0. The van der Waals surface area contributed by atoms with Crippen molar-refractivity contribution in [2.75, 3.05) is 25.5 Å². The van der Waals surface area contributed by atoms with Crippen LogP contribution in [0.15, 0.2) is 18.2 Å². The first-order valence-corrected chi connectivity index (χ1v) is 9.25. The number of benzene rings is 1. The summed E-state index contributed by atoms with van der Waals surface area (Å²) in [6.07, 6.45) is 3.53. The number of likely N-dealkylation sites (tertiary alicyclic amines) is 1. The van der Waals surface area contributed by atoms with Crippen molar-refractivity contribution >= 4 is 34.6 Å². The number of rotatable bonds is 4. The third kappa shape index (κ3) is 4.82. The lowest BCUT2D eigenvalue weighted by Crippen LogP contribution is -2.48. The molecule has 23 heavy (non-hydrogen) atoms. The molecule has 5 heteroatoms. The van der Waals surface area contributed by atoms with Gasteiger partial charge in [-0.15, -0.1) is 0 Å². The quantitative estimate of drug-likeness (QED) is 0.800. The molecule has 0 amide bonds. The van der Waals surface area contributed by atoms with E-state index in [2.05, 4.69) is 36.0 Å². The zero-order valence-corrected chi connectivity index (χ0v) is 16.2. The molecule has 1 N–H and O–H groups in total. The van der Waals surface area contributed by atoms with Gasteiger partial charge in [0.15, 0.2) is 5.11 Å². The fraction of sp³-hybridized carbons (Fsp3) is 0.611. The Kier molecular flexibility index (Phi) is 6.69. The predicted octanol–water partition coefficient (Wildman–Crippen LogP) is 4.54. The van der Waals surface area contributed by atoms with Crippen LogP contribution < -0.4 is 5.32 Å². The van der Waals surface area contributed by atoms with Crippen LogP contribution >= 0.6 is 23.8 Å². The molecule has 1 fully saturated rings. The Morgan fingerprint density at radius 1 is 1.43 bits per heavy atom. The van der Waals surface area contributed by atoms with E-state index in [4.69, 9.17) is 23.8 Å². The van der Waals surface area contributed by atoms with Gasteiger partial charge in [0.25, 0.3) is 0 Å². The third-order valence-corrected chi connectivity index (χ3v) is 5.80. The lowest BCUT2D eigenvalue weighted by atomic mass is 10.0. The van der Waals surface area contributed by atoms with Crippen molar-refractivity contribution in [1.82, 2.24) is 9.80 Å². The number of nitrogens with zero attached hydrogens (tertiary/aromatic N) is 2. The fourth-order valence-electron chi connectivity index (χ4n) is 3.00. The van der Waals surface area contributed by atoms with E-state index in [0.717, 1.165) is 47.3 Å². The number of hydrogen-bond donors (Lipinski definition) is 1. The Hall–Kier alpha value is -0.840. The highest BCUT2D eigenvalue weighted by Gasteiger charge is 2.25. The highest BCUT2D eigenvalue weighted by molar-refractivity contribution is 7.80. The maximum Gasteiger partial charge on any atom is 0.173 e. The second-order valence-electron chi connectivity index (χ2n) is 6.54. The molecule has 0 aliphatic carbocycles. The fourth-order valence-corrected chi connectivity index (χ4v) is 3.48. The predicted molar refractivity (Wildman–Crippen MR) is 105 cm³/mol. The number of hydrogen-bond acceptors (Lipinski definition) is 2. The summed E-state index contributed by atoms with van der Waals surface area (Å²) in [5.41, 5.74) is 2.04. The van der Waals surface area contributed by atoms with Crippen LogP contribution in [-0.2, 0) is 0 Å². The van der Waals surface area contributed by atoms with Gasteiger partial charge in [-0.25, -0.2) is 0 Å². The van der Waals surface area contributed by atoms with Gasteiger partial charge in [0.05, 0.1) is 0 Å². The molecule has 0 bridgehead atoms. The topological polar surface area (TPSA) is 18.5 Å². The molecular weight excluding hydrogens is 326 g/mol. The Bertz CT molecular complexity index is 541. The summed E-state index contributed by atoms with van der Waals surface area (Å²) in [6.45, 7) is 8.58. The van der Waals surface area contributed by atoms with Crippen molar-refractivity contribution in [2.24, 2.45) is 0 Å². The molecule has 1 aliphatic heterocycles. The molecule has 1 heterocycles. The maximum atomic E-state index is 6.18. The first-order valence-electron chi connectivity index (χ1n) is 8.46. The van der Waals surface area contributed by atoms with Gasteiger partial charge < -0.3 is 15.1 Å². The van der Waals surface area contributed by atoms with Crippen LogP contribution in [-0.4, -0.2) is 47.1 Å². The van der Waals surface area contributed by atoms with E-state index in [9.17, 15) is 0 Å². The molecule has 0 aromatic heterocycles. The van der Waals surface area contributed by atoms with E-state index in [1.54, 1.807) is 0 Å². The maximum absolute atomic E-state index is 6.18. The summed E-state index contributed by atoms with van der Waals surface area (Å²) in [6, 6.07) is 7.29. The molecule has 0 spiro atoms. The van der Waals surface area contributed by atoms with E-state index in [1.807, 2.05) is 25.1 Å². The molecule has 2 rings (SSSR count). The minimum atomic E-state index is 0.645. The summed E-state index contributed by atoms with van der Waals surface area (Å²) in [7, 11) is 2.25. The number of nitrogens with one attached hydrogen (secondary N) is 1. The van der Waals surface area contributed by atoms with Gasteiger partial charge in [0.1, 0.15) is 0 Å². The first-order chi connectivity index (χ1) is 10.9. The minimum Gasteiger partial charge on any atom is -0.349 e. The highest BCUT2D eigenvalue weighted by atomic mass is 35.5. The molecule has 1 aliphatic rings. The zero-order chi connectivity index (χ0) is 17.0. The number of piperidine rings is 1. The number of halogens is 1. The SMILES string of the molecule is CCC(C)N(C)C1CCN(C(=S)Nc2ccc(C)c(Cl)c2)CC1. The van der Waals surface area contributed by atoms with Gasteiger partial charge in [-0.3, -0.25) is 0 Å². The molecule has 1 unspecified atom stereocenters. The van der Waals surface area contributed by atoms with E-state index in [-0.39, 0.29) is 0 Å². The molecular formula is C18H28ClN3S. The molecule has 3 nitrogen and oxygen atoms in total. The Morgan fingerprint density at radius 3 is 2.65 bits per heavy atom. The molecule has 128 valence electrons. The molecule has 1 aromatic rings. The van der Waals surface area contributed by atoms with Gasteiger partial charge in [0, 0.05) is 35.9 Å². The standard InChI is InChI=1S/C18H28ClN3S/c1-5-14(3)21(4)16-8-10-22(11-9-16)18(23)20-15-7-6-13(2)17(19)12-15/h6-7,12,14,16H,5,8-11H2,1-4H3,(H,20,23). The van der Waals surface area contributed by atoms with Crippen molar-refractivity contribution in [3.05, 3.63) is 28.8 Å². The van der Waals surface area contributed by atoms with E-state index in [0.29, 0.717) is 12.1 Å². The van der Waals surface area contributed by atoms with E-state index < -0.39 is 0 Å². The van der Waals surface area contributed by atoms with Crippen LogP contribution in [0.4, 0.5) is 5.69 Å². The lowest BCUT2D eigenvalue weighted by Gasteiger charge is -2.40. The van der Waals surface area contributed by atoms with Crippen molar-refractivity contribution in [3.63, 3.8) is 0 Å². The second kappa shape index (κ2) is 8.32. The molecule has 0 saturated carbocycles. The number of aryl methyl sites for hydroxylation is 1. The summed E-state index contributed by atoms with van der Waals surface area (Å²) in [5, 5.41) is 4.89. The van der Waals surface area contributed by atoms with Crippen LogP contribution in [0.25, 0.3) is 0 Å². The third-order valence-electron chi connectivity index (χ3n) is 5.04. The van der Waals surface area contributed by atoms with Crippen LogP contribution in [0, 0.1) is 6.92 Å². The van der Waals surface area contributed by atoms with Crippen molar-refractivity contribution < 1.29 is 0 Å². The normalized spacial score (nSPS) is 17.4. The number of anilines is 1. The van der Waals surface area contributed by atoms with Crippen molar-refractivity contribution in [3.8, 4) is 0 Å².